The highest BCUT2D eigenvalue weighted by Gasteiger charge is 2.30. The Balaban J connectivity index is 0.889. The molecule has 0 unspecified atom stereocenters. The predicted octanol–water partition coefficient (Wildman–Crippen LogP) is 13.3. The van der Waals surface area contributed by atoms with Gasteiger partial charge in [-0.3, -0.25) is 9.59 Å². The van der Waals surface area contributed by atoms with E-state index >= 15 is 0 Å². The molecule has 16 nitrogen and oxygen atoms in total. The van der Waals surface area contributed by atoms with Crippen molar-refractivity contribution in [3.63, 3.8) is 0 Å². The Kier molecular flexibility index (Phi) is 26.2. The van der Waals surface area contributed by atoms with Gasteiger partial charge in [0, 0.05) is 23.8 Å². The number of unbranched alkanes of at least 4 members (excludes halogenated alkanes) is 6. The van der Waals surface area contributed by atoms with Gasteiger partial charge in [-0.15, -0.1) is 0 Å². The number of aryl methyl sites for hydroxylation is 1. The van der Waals surface area contributed by atoms with Gasteiger partial charge in [0.1, 0.15) is 35.4 Å². The lowest BCUT2D eigenvalue weighted by Gasteiger charge is -2.27. The first kappa shape index (κ1) is 62.8. The maximum absolute atomic E-state index is 13.3. The normalized spacial score (nSPS) is 16.7. The highest BCUT2D eigenvalue weighted by Crippen LogP contribution is 2.35. The number of rotatable bonds is 35. The third kappa shape index (κ3) is 21.8. The van der Waals surface area contributed by atoms with Crippen molar-refractivity contribution in [2.45, 2.75) is 116 Å². The molecule has 2 fully saturated rings. The van der Waals surface area contributed by atoms with E-state index in [9.17, 15) is 24.0 Å². The average molecular weight is 1150 g/mol. The van der Waals surface area contributed by atoms with Crippen LogP contribution in [0, 0.1) is 23.7 Å². The van der Waals surface area contributed by atoms with Crippen molar-refractivity contribution in [2.75, 3.05) is 51.2 Å². The molecule has 0 N–H and O–H groups in total. The first-order valence-corrected chi connectivity index (χ1v) is 30.1. The first-order valence-electron chi connectivity index (χ1n) is 29.2. The van der Waals surface area contributed by atoms with E-state index in [-0.39, 0.29) is 42.8 Å². The lowest BCUT2D eigenvalue weighted by Crippen LogP contribution is -2.27. The number of fused-ring (bicyclic) bond motifs is 1. The molecule has 4 aromatic carbocycles. The second-order valence-electron chi connectivity index (χ2n) is 20.9. The van der Waals surface area contributed by atoms with Gasteiger partial charge in [-0.1, -0.05) is 49.3 Å². The van der Waals surface area contributed by atoms with Crippen molar-refractivity contribution < 1.29 is 61.9 Å². The Morgan fingerprint density at radius 3 is 1.58 bits per heavy atom. The van der Waals surface area contributed by atoms with Crippen molar-refractivity contribution >= 4 is 62.7 Å². The monoisotopic (exact) mass is 1150 g/mol. The summed E-state index contributed by atoms with van der Waals surface area (Å²) in [5, 5.41) is 7.35. The van der Waals surface area contributed by atoms with Gasteiger partial charge in [-0.25, -0.2) is 24.4 Å². The van der Waals surface area contributed by atoms with Crippen LogP contribution in [0.1, 0.15) is 120 Å². The van der Waals surface area contributed by atoms with Gasteiger partial charge in [-0.2, -0.15) is 5.10 Å². The van der Waals surface area contributed by atoms with E-state index in [4.69, 9.17) is 48.0 Å². The molecule has 17 heteroatoms. The maximum atomic E-state index is 13.3. The number of ether oxygens (including phenoxy) is 8. The molecule has 5 aromatic rings. The van der Waals surface area contributed by atoms with Crippen LogP contribution in [0.2, 0.25) is 0 Å². The van der Waals surface area contributed by atoms with E-state index in [2.05, 4.69) is 31.9 Å². The highest BCUT2D eigenvalue weighted by atomic mass is 32.1. The summed E-state index contributed by atoms with van der Waals surface area (Å²) < 4.78 is 46.4. The molecule has 83 heavy (non-hydrogen) atoms. The first-order chi connectivity index (χ1) is 40.5. The number of nitrogens with zero attached hydrogens (tertiary/aromatic N) is 3. The zero-order valence-electron chi connectivity index (χ0n) is 47.6. The number of benzene rings is 4. The number of thiazole rings is 1. The smallest absolute Gasteiger partial charge is 0.330 e. The zero-order chi connectivity index (χ0) is 58.4. The fraction of sp³-hybridized carbons (Fsp3) is 0.439. The Labute approximate surface area is 491 Å². The number of anilines is 1. The van der Waals surface area contributed by atoms with Gasteiger partial charge < -0.3 is 37.9 Å². The Morgan fingerprint density at radius 2 is 1.05 bits per heavy atom. The molecule has 0 radical (unpaired) electrons. The van der Waals surface area contributed by atoms with Gasteiger partial charge in [0.15, 0.2) is 0 Å². The lowest BCUT2D eigenvalue weighted by atomic mass is 9.79. The molecule has 442 valence electrons. The fourth-order valence-corrected chi connectivity index (χ4v) is 10.9. The van der Waals surface area contributed by atoms with Crippen LogP contribution >= 0.6 is 11.3 Å². The van der Waals surface area contributed by atoms with Crippen LogP contribution < -0.4 is 28.7 Å². The molecule has 0 saturated heterocycles. The van der Waals surface area contributed by atoms with Crippen LogP contribution in [0.4, 0.5) is 5.13 Å². The summed E-state index contributed by atoms with van der Waals surface area (Å²) in [7, 11) is 0. The van der Waals surface area contributed by atoms with Crippen LogP contribution in [0.5, 0.6) is 28.7 Å². The predicted molar refractivity (Wildman–Crippen MR) is 321 cm³/mol. The number of hydrogen-bond acceptors (Lipinski definition) is 17. The number of hydrogen-bond donors (Lipinski definition) is 0. The molecule has 7 rings (SSSR count). The molecule has 0 atom stereocenters. The summed E-state index contributed by atoms with van der Waals surface area (Å²) in [6.07, 6.45) is 20.6. The molecular formula is C66H79N3O13S. The van der Waals surface area contributed by atoms with Crippen molar-refractivity contribution in [2.24, 2.45) is 28.8 Å². The number of para-hydroxylation sites is 1. The molecular weight excluding hydrogens is 1070 g/mol. The molecule has 1 heterocycles. The van der Waals surface area contributed by atoms with E-state index in [1.54, 1.807) is 35.5 Å². The summed E-state index contributed by atoms with van der Waals surface area (Å²) >= 11 is 1.50. The van der Waals surface area contributed by atoms with Gasteiger partial charge in [0.25, 0.3) is 0 Å². The summed E-state index contributed by atoms with van der Waals surface area (Å²) in [5.74, 6) is 1.69. The lowest BCUT2D eigenvalue weighted by molar-refractivity contribution is -0.141. The number of hydrazone groups is 1. The van der Waals surface area contributed by atoms with Crippen LogP contribution in [0.25, 0.3) is 10.2 Å². The SMILES string of the molecule is C=CC(=O)OCCCCCCOc1ccc(OC(=O)C2CCC(CCc3ccc(OCC4CCC(C(=O)Oc5ccc(OCCCCCCOC(=O)C=C)cc5)CC4)c(/C=N/N(CCOC(=O)C=C)c4nc5ccccc5s4)c3)CC2)cc1. The Bertz CT molecular complexity index is 2870. The second kappa shape index (κ2) is 34.6. The van der Waals surface area contributed by atoms with Crippen molar-refractivity contribution in [1.82, 2.24) is 4.98 Å². The summed E-state index contributed by atoms with van der Waals surface area (Å²) in [4.78, 5) is 65.8. The van der Waals surface area contributed by atoms with Crippen LogP contribution in [0.3, 0.4) is 0 Å². The molecule has 0 aliphatic heterocycles. The highest BCUT2D eigenvalue weighted by molar-refractivity contribution is 7.22. The number of carbonyl (C=O) groups excluding carboxylic acids is 5. The van der Waals surface area contributed by atoms with Crippen molar-refractivity contribution in [3.8, 4) is 28.7 Å². The average Bonchev–Trinajstić information content (AvgIpc) is 4.03. The summed E-state index contributed by atoms with van der Waals surface area (Å²) in [6, 6.07) is 28.5. The van der Waals surface area contributed by atoms with Gasteiger partial charge in [0.05, 0.1) is 67.8 Å². The van der Waals surface area contributed by atoms with Crippen LogP contribution in [-0.4, -0.2) is 87.2 Å². The number of aromatic nitrogens is 1. The topological polar surface area (TPSA) is 188 Å². The van der Waals surface area contributed by atoms with E-state index in [0.29, 0.717) is 85.7 Å². The van der Waals surface area contributed by atoms with E-state index in [1.807, 2.05) is 54.6 Å². The van der Waals surface area contributed by atoms with E-state index in [0.717, 1.165) is 130 Å². The molecule has 2 aliphatic rings. The molecule has 0 bridgehead atoms. The minimum Gasteiger partial charge on any atom is -0.494 e. The number of esters is 5. The summed E-state index contributed by atoms with van der Waals surface area (Å²) in [6.45, 7) is 13.0. The summed E-state index contributed by atoms with van der Waals surface area (Å²) in [5.41, 5.74) is 2.78. The Hall–Kier alpha value is -7.79. The number of carbonyl (C=O) groups is 5. The van der Waals surface area contributed by atoms with Crippen molar-refractivity contribution in [1.29, 1.82) is 0 Å². The third-order valence-electron chi connectivity index (χ3n) is 14.8. The molecule has 2 aliphatic carbocycles. The van der Waals surface area contributed by atoms with Crippen molar-refractivity contribution in [3.05, 3.63) is 140 Å². The Morgan fingerprint density at radius 1 is 0.554 bits per heavy atom. The molecule has 0 amide bonds. The van der Waals surface area contributed by atoms with E-state index < -0.39 is 17.9 Å². The second-order valence-corrected chi connectivity index (χ2v) is 21.9. The fourth-order valence-electron chi connectivity index (χ4n) is 9.98. The minimum absolute atomic E-state index is 0.0759. The van der Waals surface area contributed by atoms with Crippen LogP contribution in [-0.2, 0) is 44.6 Å². The molecule has 1 aromatic heterocycles. The molecule has 0 spiro atoms. The maximum Gasteiger partial charge on any atom is 0.330 e. The van der Waals surface area contributed by atoms with Crippen LogP contribution in [0.15, 0.2) is 134 Å². The largest absolute Gasteiger partial charge is 0.494 e. The minimum atomic E-state index is -0.517. The standard InChI is InChI=1S/C66H79N3O13S/c1-4-61(70)77-42-15-9-7-13-40-75-54-30-34-56(35-31-54)81-64(73)51-26-21-48(22-27-51)19-20-49-25-38-59(53(45-49)46-67-69(39-44-79-63(72)6-3)66-68-58-17-11-12-18-60(58)83-66)80-47-50-23-28-52(29-24-50)65(74)82-57-36-32-55(33-37-57)76-41-14-8-10-16-43-78-62(71)5-2/h4-6,11-12,17-18,25,30-38,45-46,48,50-52H,1-3,7-10,13-16,19-24,26-29,39-44,47H2/b67-46+. The van der Waals surface area contributed by atoms with Gasteiger partial charge in [-0.05, 0) is 206 Å². The van der Waals surface area contributed by atoms with E-state index in [1.165, 1.54) is 23.5 Å². The molecule has 2 saturated carbocycles. The van der Waals surface area contributed by atoms with Gasteiger partial charge in [0.2, 0.25) is 5.13 Å². The third-order valence-corrected chi connectivity index (χ3v) is 15.9. The quantitative estimate of drug-likeness (QED) is 0.00708. The zero-order valence-corrected chi connectivity index (χ0v) is 48.5. The van der Waals surface area contributed by atoms with Gasteiger partial charge >= 0.3 is 29.8 Å².